The highest BCUT2D eigenvalue weighted by atomic mass is 16.4. The van der Waals surface area contributed by atoms with Gasteiger partial charge in [-0.05, 0) is 0 Å². The number of hydrogen-bond acceptors (Lipinski definition) is 10. The van der Waals surface area contributed by atoms with Crippen molar-refractivity contribution in [1.82, 2.24) is 0 Å². The third-order valence-corrected chi connectivity index (χ3v) is 2.38. The molecule has 0 aliphatic carbocycles. The van der Waals surface area contributed by atoms with Crippen molar-refractivity contribution >= 4 is 17.5 Å². The van der Waals surface area contributed by atoms with Crippen molar-refractivity contribution in [2.45, 2.75) is 37.4 Å². The summed E-state index contributed by atoms with van der Waals surface area (Å²) in [4.78, 5) is 31.1. The third kappa shape index (κ3) is 8.09. The Balaban J connectivity index is 0. The molecule has 0 fully saturated rings. The van der Waals surface area contributed by atoms with Crippen LogP contribution < -0.4 is 5.73 Å². The number of carboxylic acid groups (broad SMARTS) is 1. The van der Waals surface area contributed by atoms with Crippen molar-refractivity contribution < 1.29 is 50.1 Å². The van der Waals surface area contributed by atoms with Crippen LogP contribution in [0.4, 0.5) is 0 Å². The summed E-state index contributed by atoms with van der Waals surface area (Å²) in [7, 11) is 0. The van der Waals surface area contributed by atoms with E-state index in [2.05, 4.69) is 0 Å². The Kier molecular flexibility index (Phi) is 11.6. The quantitative estimate of drug-likeness (QED) is 0.197. The lowest BCUT2D eigenvalue weighted by Gasteiger charge is -2.24. The maximum absolute atomic E-state index is 10.9. The first-order valence-corrected chi connectivity index (χ1v) is 5.98. The summed E-state index contributed by atoms with van der Waals surface area (Å²) >= 11 is 0. The molecule has 0 amide bonds. The van der Waals surface area contributed by atoms with Crippen LogP contribution in [0.1, 0.15) is 6.92 Å². The minimum atomic E-state index is -2.11. The van der Waals surface area contributed by atoms with Gasteiger partial charge in [-0.3, -0.25) is 14.4 Å². The molecule has 9 N–H and O–H groups in total. The summed E-state index contributed by atoms with van der Waals surface area (Å²) in [5, 5.41) is 60.6. The number of carbonyl (C=O) groups is 3. The molecular weight excluding hydrogens is 306 g/mol. The predicted molar refractivity (Wildman–Crippen MR) is 69.5 cm³/mol. The van der Waals surface area contributed by atoms with Gasteiger partial charge in [0.1, 0.15) is 30.5 Å². The molecule has 0 heterocycles. The lowest BCUT2D eigenvalue weighted by Crippen LogP contribution is -2.49. The lowest BCUT2D eigenvalue weighted by atomic mass is 9.99. The van der Waals surface area contributed by atoms with Gasteiger partial charge in [-0.1, -0.05) is 0 Å². The smallest absolute Gasteiger partial charge is 0.322 e. The largest absolute Gasteiger partial charge is 0.480 e. The average Bonchev–Trinajstić information content (AvgIpc) is 2.50. The van der Waals surface area contributed by atoms with Gasteiger partial charge in [-0.15, -0.1) is 0 Å². The minimum absolute atomic E-state index is 0.505. The molecule has 22 heavy (non-hydrogen) atoms. The number of hydrogen-bond donors (Lipinski definition) is 8. The van der Waals surface area contributed by atoms with Crippen molar-refractivity contribution in [1.29, 1.82) is 0 Å². The zero-order valence-corrected chi connectivity index (χ0v) is 11.7. The van der Waals surface area contributed by atoms with E-state index in [-0.39, 0.29) is 0 Å². The summed E-state index contributed by atoms with van der Waals surface area (Å²) in [5.74, 6) is -3.43. The molecule has 11 nitrogen and oxygen atoms in total. The van der Waals surface area contributed by atoms with Crippen LogP contribution in [-0.2, 0) is 14.4 Å². The van der Waals surface area contributed by atoms with Crippen molar-refractivity contribution in [2.75, 3.05) is 13.2 Å². The van der Waals surface area contributed by atoms with Gasteiger partial charge >= 0.3 is 5.97 Å². The van der Waals surface area contributed by atoms with Gasteiger partial charge in [0.05, 0.1) is 13.2 Å². The number of carbonyl (C=O) groups excluding carboxylic acids is 2. The Hall–Kier alpha value is -1.47. The molecule has 0 aliphatic heterocycles. The molecule has 0 saturated carbocycles. The highest BCUT2D eigenvalue weighted by Gasteiger charge is 2.35. The van der Waals surface area contributed by atoms with Gasteiger partial charge in [0, 0.05) is 6.92 Å². The molecule has 5 atom stereocenters. The fourth-order valence-electron chi connectivity index (χ4n) is 0.964. The number of Topliss-reactive ketones (excluding diaryl/α,β-unsaturated/α-hetero) is 2. The number of carboxylic acids is 1. The Morgan fingerprint density at radius 3 is 1.64 bits per heavy atom. The molecule has 0 saturated heterocycles. The van der Waals surface area contributed by atoms with Gasteiger partial charge in [-0.25, -0.2) is 0 Å². The normalized spacial score (nSPS) is 17.3. The Morgan fingerprint density at radius 1 is 0.955 bits per heavy atom. The summed E-state index contributed by atoms with van der Waals surface area (Å²) in [5.41, 5.74) is 4.77. The van der Waals surface area contributed by atoms with Crippen LogP contribution in [0.2, 0.25) is 0 Å². The van der Waals surface area contributed by atoms with E-state index in [0.717, 1.165) is 6.92 Å². The molecule has 0 radical (unpaired) electrons. The van der Waals surface area contributed by atoms with E-state index in [9.17, 15) is 14.4 Å². The summed E-state index contributed by atoms with van der Waals surface area (Å²) in [6, 6.07) is -1.13. The summed E-state index contributed by atoms with van der Waals surface area (Å²) in [6.45, 7) is -0.457. The van der Waals surface area contributed by atoms with E-state index in [4.69, 9.17) is 41.5 Å². The SMILES string of the molecule is CC(=O)C(=O)[C@H](O)[C@@H](O)[C@@H](O)[C@H](O)CO.N[C@@H](CO)C(=O)O. The first kappa shape index (κ1) is 22.8. The molecule has 11 heteroatoms. The van der Waals surface area contributed by atoms with Gasteiger partial charge in [-0.2, -0.15) is 0 Å². The lowest BCUT2D eigenvalue weighted by molar-refractivity contribution is -0.153. The molecule has 0 rings (SSSR count). The second-order valence-electron chi connectivity index (χ2n) is 4.22. The van der Waals surface area contributed by atoms with E-state index in [1.807, 2.05) is 0 Å². The predicted octanol–water partition coefficient (Wildman–Crippen LogP) is -5.03. The molecule has 0 aromatic heterocycles. The average molecular weight is 327 g/mol. The molecule has 0 aliphatic rings. The van der Waals surface area contributed by atoms with E-state index in [1.165, 1.54) is 0 Å². The minimum Gasteiger partial charge on any atom is -0.480 e. The van der Waals surface area contributed by atoms with E-state index in [0.29, 0.717) is 0 Å². The molecule has 0 bridgehead atoms. The fraction of sp³-hybridized carbons (Fsp3) is 0.727. The first-order valence-electron chi connectivity index (χ1n) is 5.98. The number of ketones is 2. The topological polar surface area (TPSA) is 219 Å². The standard InChI is InChI=1S/C8H14O7.C3H7NO3/c1-3(10)5(12)7(14)8(15)6(13)4(11)2-9;4-2(1-5)3(6)7/h4,6-9,11,13-15H,2H2,1H3;2,5H,1,4H2,(H,6,7)/t4-,6+,7+,8+;2-/m10/s1. The molecule has 0 unspecified atom stereocenters. The van der Waals surface area contributed by atoms with Gasteiger partial charge < -0.3 is 41.5 Å². The maximum Gasteiger partial charge on any atom is 0.322 e. The zero-order chi connectivity index (χ0) is 18.0. The molecular formula is C11H21NO10. The van der Waals surface area contributed by atoms with Crippen LogP contribution in [0.5, 0.6) is 0 Å². The van der Waals surface area contributed by atoms with E-state index < -0.39 is 61.2 Å². The Morgan fingerprint density at radius 2 is 1.41 bits per heavy atom. The summed E-state index contributed by atoms with van der Waals surface area (Å²) < 4.78 is 0. The molecule has 130 valence electrons. The van der Waals surface area contributed by atoms with Crippen LogP contribution >= 0.6 is 0 Å². The van der Waals surface area contributed by atoms with Crippen LogP contribution in [0.3, 0.4) is 0 Å². The zero-order valence-electron chi connectivity index (χ0n) is 11.7. The highest BCUT2D eigenvalue weighted by Crippen LogP contribution is 2.06. The van der Waals surface area contributed by atoms with Gasteiger partial charge in [0.2, 0.25) is 5.78 Å². The number of rotatable bonds is 8. The second kappa shape index (κ2) is 11.1. The number of aliphatic carboxylic acids is 1. The van der Waals surface area contributed by atoms with Crippen LogP contribution in [0.25, 0.3) is 0 Å². The van der Waals surface area contributed by atoms with Crippen molar-refractivity contribution in [3.05, 3.63) is 0 Å². The van der Waals surface area contributed by atoms with E-state index in [1.54, 1.807) is 0 Å². The monoisotopic (exact) mass is 327 g/mol. The van der Waals surface area contributed by atoms with Crippen LogP contribution in [-0.4, -0.2) is 97.0 Å². The fourth-order valence-corrected chi connectivity index (χ4v) is 0.964. The van der Waals surface area contributed by atoms with Gasteiger partial charge in [0.25, 0.3) is 0 Å². The first-order chi connectivity index (χ1) is 10.0. The van der Waals surface area contributed by atoms with E-state index >= 15 is 0 Å². The Labute approximate surface area is 125 Å². The highest BCUT2D eigenvalue weighted by molar-refractivity contribution is 6.38. The second-order valence-corrected chi connectivity index (χ2v) is 4.22. The molecule has 0 spiro atoms. The number of nitrogens with two attached hydrogens (primary N) is 1. The van der Waals surface area contributed by atoms with Crippen LogP contribution in [0.15, 0.2) is 0 Å². The molecule has 0 aromatic carbocycles. The van der Waals surface area contributed by atoms with Crippen molar-refractivity contribution in [3.8, 4) is 0 Å². The summed E-state index contributed by atoms with van der Waals surface area (Å²) in [6.07, 6.45) is -7.75. The number of aliphatic hydroxyl groups excluding tert-OH is 6. The maximum atomic E-state index is 10.9. The third-order valence-electron chi connectivity index (χ3n) is 2.38. The Bertz CT molecular complexity index is 374. The van der Waals surface area contributed by atoms with Gasteiger partial charge in [0.15, 0.2) is 5.78 Å². The van der Waals surface area contributed by atoms with Crippen molar-refractivity contribution in [2.24, 2.45) is 5.73 Å². The van der Waals surface area contributed by atoms with Crippen LogP contribution in [0, 0.1) is 0 Å². The van der Waals surface area contributed by atoms with Crippen molar-refractivity contribution in [3.63, 3.8) is 0 Å². The molecule has 0 aromatic rings. The number of aliphatic hydroxyl groups is 6.